The molecule has 0 aliphatic carbocycles. The minimum Gasteiger partial charge on any atom is -0.507 e. The lowest BCUT2D eigenvalue weighted by Gasteiger charge is -2.31. The predicted molar refractivity (Wildman–Crippen MR) is 207 cm³/mol. The minimum absolute atomic E-state index is 0.00562. The number of phenols is 1. The Bertz CT molecular complexity index is 1730. The second kappa shape index (κ2) is 21.5. The van der Waals surface area contributed by atoms with Gasteiger partial charge >= 0.3 is 0 Å². The number of amidine groups is 1. The van der Waals surface area contributed by atoms with Crippen molar-refractivity contribution >= 4 is 47.0 Å². The van der Waals surface area contributed by atoms with Crippen LogP contribution in [-0.4, -0.2) is 82.8 Å². The second-order valence-corrected chi connectivity index (χ2v) is 12.6. The number of aromatic nitrogens is 2. The third-order valence-electron chi connectivity index (χ3n) is 8.84. The minimum atomic E-state index is -0.500. The molecule has 1 fully saturated rings. The molecule has 2 aromatic carbocycles. The normalized spacial score (nSPS) is 14.6. The summed E-state index contributed by atoms with van der Waals surface area (Å²) in [6.07, 6.45) is 6.41. The number of rotatable bonds is 18. The maximum atomic E-state index is 12.6. The number of aldehydes is 1. The van der Waals surface area contributed by atoms with Crippen LogP contribution in [0, 0.1) is 5.92 Å². The molecule has 3 amide bonds. The number of anilines is 2. The van der Waals surface area contributed by atoms with Crippen molar-refractivity contribution in [3.63, 3.8) is 0 Å². The highest BCUT2D eigenvalue weighted by atomic mass is 16.5. The molecule has 2 heterocycles. The number of likely N-dealkylation sites (N-methyl/N-ethyl adjacent to an activating group) is 1. The fraction of sp³-hybridized carbons (Fsp3) is 0.410. The highest BCUT2D eigenvalue weighted by Crippen LogP contribution is 2.31. The van der Waals surface area contributed by atoms with Crippen LogP contribution in [0.3, 0.4) is 0 Å². The van der Waals surface area contributed by atoms with Gasteiger partial charge in [0.25, 0.3) is 0 Å². The molecule has 4 rings (SSSR count). The molecule has 1 aliphatic rings. The summed E-state index contributed by atoms with van der Waals surface area (Å²) >= 11 is 0. The number of carbonyl (C=O) groups excluding carboxylic acids is 4. The first-order valence-electron chi connectivity index (χ1n) is 17.8. The maximum absolute atomic E-state index is 12.6. The van der Waals surface area contributed by atoms with E-state index in [1.165, 1.54) is 0 Å². The first-order chi connectivity index (χ1) is 25.6. The molecule has 14 nitrogen and oxygen atoms in total. The number of nitrogen functional groups attached to an aromatic ring is 1. The number of phenolic OH excluding ortho intramolecular Hbond substituents is 1. The smallest absolute Gasteiger partial charge is 0.249 e. The Balaban J connectivity index is 0.00000372. The van der Waals surface area contributed by atoms with Crippen molar-refractivity contribution in [3.05, 3.63) is 67.3 Å². The summed E-state index contributed by atoms with van der Waals surface area (Å²) in [5, 5.41) is 26.8. The average Bonchev–Trinajstić information content (AvgIpc) is 3.15. The molecule has 1 aromatic heterocycles. The van der Waals surface area contributed by atoms with Gasteiger partial charge in [-0.1, -0.05) is 38.0 Å². The zero-order chi connectivity index (χ0) is 38.8. The van der Waals surface area contributed by atoms with E-state index in [9.17, 15) is 24.3 Å². The second-order valence-electron chi connectivity index (χ2n) is 12.6. The van der Waals surface area contributed by atoms with E-state index in [1.807, 2.05) is 19.1 Å². The number of carbonyl (C=O) groups is 4. The number of imide groups is 1. The van der Waals surface area contributed by atoms with Crippen LogP contribution in [0.25, 0.3) is 11.3 Å². The molecule has 2 atom stereocenters. The zero-order valence-electron chi connectivity index (χ0n) is 30.9. The summed E-state index contributed by atoms with van der Waals surface area (Å²) in [7, 11) is 1.75. The van der Waals surface area contributed by atoms with Crippen molar-refractivity contribution in [2.45, 2.75) is 71.3 Å². The largest absolute Gasteiger partial charge is 0.507 e. The first kappa shape index (κ1) is 41.6. The molecule has 0 spiro atoms. The molecule has 1 aliphatic heterocycles. The lowest BCUT2D eigenvalue weighted by atomic mass is 10.0. The monoisotopic (exact) mass is 728 g/mol. The Kier molecular flexibility index (Phi) is 16.9. The van der Waals surface area contributed by atoms with Crippen LogP contribution in [0.1, 0.15) is 75.6 Å². The highest BCUT2D eigenvalue weighted by Gasteiger charge is 2.30. The standard InChI is InChI=1S/C37H48N8O6.C2H4/c1-24(12-11-21-51-33-22-30(43-44-35(33)38)26-13-6-7-16-32(26)47)36(49)40-20-9-5-4-8-19-39-28-14-10-15-29(27(28)23-46)41-25(2)45(3)31-17-18-34(48)42-37(31)50;1-2/h6-7,10,13-16,22-24,31,39,47H,4-5,8-9,11-12,17-21H2,1-3H3,(H2,38,44)(H,40,49)(H,42,48,50);1-2H2. The Morgan fingerprint density at radius 3 is 2.57 bits per heavy atom. The van der Waals surface area contributed by atoms with Crippen LogP contribution < -0.4 is 26.4 Å². The number of benzene rings is 2. The number of hydrogen-bond acceptors (Lipinski definition) is 11. The molecule has 0 radical (unpaired) electrons. The molecule has 284 valence electrons. The van der Waals surface area contributed by atoms with Crippen molar-refractivity contribution in [2.75, 3.05) is 37.8 Å². The molecule has 3 aromatic rings. The maximum Gasteiger partial charge on any atom is 0.249 e. The molecule has 0 bridgehead atoms. The summed E-state index contributed by atoms with van der Waals surface area (Å²) in [5.41, 5.74) is 8.54. The Morgan fingerprint density at radius 2 is 1.85 bits per heavy atom. The van der Waals surface area contributed by atoms with Gasteiger partial charge in [0, 0.05) is 49.8 Å². The van der Waals surface area contributed by atoms with E-state index in [0.717, 1.165) is 32.0 Å². The van der Waals surface area contributed by atoms with E-state index in [-0.39, 0.29) is 41.6 Å². The summed E-state index contributed by atoms with van der Waals surface area (Å²) < 4.78 is 5.82. The SMILES string of the molecule is C=C.CC(=Nc1cccc(NCCCCCCNC(=O)C(C)CCCOc2cc(-c3ccccc3O)nnc2N)c1C=O)N(C)C1CCC(=O)NC1=O. The van der Waals surface area contributed by atoms with Crippen LogP contribution in [0.15, 0.2) is 66.7 Å². The number of nitrogens with one attached hydrogen (secondary N) is 3. The number of piperidine rings is 1. The Morgan fingerprint density at radius 1 is 1.11 bits per heavy atom. The number of nitrogens with zero attached hydrogens (tertiary/aromatic N) is 4. The number of para-hydroxylation sites is 1. The van der Waals surface area contributed by atoms with E-state index >= 15 is 0 Å². The van der Waals surface area contributed by atoms with Gasteiger partial charge in [-0.3, -0.25) is 24.5 Å². The zero-order valence-corrected chi connectivity index (χ0v) is 30.9. The van der Waals surface area contributed by atoms with Gasteiger partial charge in [0.2, 0.25) is 17.7 Å². The van der Waals surface area contributed by atoms with Crippen LogP contribution in [0.4, 0.5) is 17.2 Å². The van der Waals surface area contributed by atoms with Crippen molar-refractivity contribution in [2.24, 2.45) is 10.9 Å². The van der Waals surface area contributed by atoms with Gasteiger partial charge in [-0.2, -0.15) is 0 Å². The van der Waals surface area contributed by atoms with Crippen LogP contribution in [0.2, 0.25) is 0 Å². The predicted octanol–water partition coefficient (Wildman–Crippen LogP) is 5.42. The van der Waals surface area contributed by atoms with Crippen molar-refractivity contribution in [1.29, 1.82) is 0 Å². The van der Waals surface area contributed by atoms with Gasteiger partial charge in [0.05, 0.1) is 17.9 Å². The Labute approximate surface area is 311 Å². The molecule has 6 N–H and O–H groups in total. The third kappa shape index (κ3) is 12.4. The number of hydrogen-bond donors (Lipinski definition) is 5. The molecule has 53 heavy (non-hydrogen) atoms. The fourth-order valence-corrected chi connectivity index (χ4v) is 5.70. The summed E-state index contributed by atoms with van der Waals surface area (Å²) in [4.78, 5) is 54.8. The Hall–Kier alpha value is -5.79. The van der Waals surface area contributed by atoms with E-state index in [1.54, 1.807) is 55.3 Å². The van der Waals surface area contributed by atoms with E-state index in [2.05, 4.69) is 44.3 Å². The third-order valence-corrected chi connectivity index (χ3v) is 8.84. The lowest BCUT2D eigenvalue weighted by Crippen LogP contribution is -2.52. The lowest BCUT2D eigenvalue weighted by molar-refractivity contribution is -0.136. The number of nitrogens with two attached hydrogens (primary N) is 1. The molecule has 0 saturated carbocycles. The number of aliphatic imine (C=N–C) groups is 1. The quantitative estimate of drug-likeness (QED) is 0.0280. The number of unbranched alkanes of at least 4 members (excludes halogenated alkanes) is 3. The van der Waals surface area contributed by atoms with Gasteiger partial charge in [0.1, 0.15) is 23.3 Å². The average molecular weight is 729 g/mol. The number of aromatic hydroxyl groups is 1. The van der Waals surface area contributed by atoms with Crippen LogP contribution >= 0.6 is 0 Å². The van der Waals surface area contributed by atoms with Gasteiger partial charge in [-0.25, -0.2) is 4.99 Å². The van der Waals surface area contributed by atoms with Crippen molar-refractivity contribution in [1.82, 2.24) is 25.7 Å². The topological polar surface area (TPSA) is 201 Å². The van der Waals surface area contributed by atoms with Crippen molar-refractivity contribution in [3.8, 4) is 22.8 Å². The molecule has 14 heteroatoms. The van der Waals surface area contributed by atoms with Gasteiger partial charge in [-0.05, 0) is 63.3 Å². The number of ether oxygens (including phenoxy) is 1. The molecule has 2 unspecified atom stereocenters. The fourth-order valence-electron chi connectivity index (χ4n) is 5.70. The van der Waals surface area contributed by atoms with Crippen LogP contribution in [-0.2, 0) is 14.4 Å². The van der Waals surface area contributed by atoms with Crippen molar-refractivity contribution < 1.29 is 29.0 Å². The van der Waals surface area contributed by atoms with Crippen LogP contribution in [0.5, 0.6) is 11.5 Å². The van der Waals surface area contributed by atoms with E-state index in [0.29, 0.717) is 78.7 Å². The summed E-state index contributed by atoms with van der Waals surface area (Å²) in [6, 6.07) is 13.4. The summed E-state index contributed by atoms with van der Waals surface area (Å²) in [6.45, 7) is 11.3. The molecule has 1 saturated heterocycles. The summed E-state index contributed by atoms with van der Waals surface area (Å²) in [5.74, 6) is 0.395. The molecular weight excluding hydrogens is 676 g/mol. The van der Waals surface area contributed by atoms with Gasteiger partial charge < -0.3 is 31.1 Å². The van der Waals surface area contributed by atoms with E-state index in [4.69, 9.17) is 10.5 Å². The first-order valence-corrected chi connectivity index (χ1v) is 17.8. The van der Waals surface area contributed by atoms with Gasteiger partial charge in [-0.15, -0.1) is 23.4 Å². The van der Waals surface area contributed by atoms with Gasteiger partial charge in [0.15, 0.2) is 17.9 Å². The van der Waals surface area contributed by atoms with E-state index < -0.39 is 6.04 Å². The molecular formula is C39H52N8O6. The number of amides is 3. The highest BCUT2D eigenvalue weighted by molar-refractivity contribution is 6.02.